The van der Waals surface area contributed by atoms with Gasteiger partial charge in [-0.1, -0.05) is 17.7 Å². The van der Waals surface area contributed by atoms with Gasteiger partial charge in [-0.25, -0.2) is 5.84 Å². The molecule has 5 nitrogen and oxygen atoms in total. The van der Waals surface area contributed by atoms with Crippen molar-refractivity contribution in [2.24, 2.45) is 0 Å². The summed E-state index contributed by atoms with van der Waals surface area (Å²) < 4.78 is 31.3. The van der Waals surface area contributed by atoms with Gasteiger partial charge in [-0.2, -0.15) is 8.42 Å². The zero-order chi connectivity index (χ0) is 15.1. The van der Waals surface area contributed by atoms with Crippen molar-refractivity contribution in [1.29, 1.82) is 0 Å². The molecule has 7 heteroatoms. The lowest BCUT2D eigenvalue weighted by Gasteiger charge is -2.10. The topological polar surface area (TPSA) is 73.3 Å². The summed E-state index contributed by atoms with van der Waals surface area (Å²) in [5, 5.41) is 1.88. The van der Waals surface area contributed by atoms with Gasteiger partial charge in [0.05, 0.1) is 5.38 Å². The number of aryl methyl sites for hydroxylation is 4. The summed E-state index contributed by atoms with van der Waals surface area (Å²) in [6.07, 6.45) is 0. The van der Waals surface area contributed by atoms with Crippen LogP contribution in [0.4, 0.5) is 0 Å². The Morgan fingerprint density at radius 1 is 1.15 bits per heavy atom. The largest absolute Gasteiger partial charge is 0.475 e. The molecule has 0 saturated carbocycles. The van der Waals surface area contributed by atoms with E-state index in [0.29, 0.717) is 11.1 Å². The molecule has 0 amide bonds. The maximum atomic E-state index is 12.4. The van der Waals surface area contributed by atoms with Gasteiger partial charge in [-0.15, -0.1) is 0 Å². The second-order valence-electron chi connectivity index (χ2n) is 4.78. The molecule has 0 fully saturated rings. The maximum absolute atomic E-state index is 12.4. The molecule has 0 radical (unpaired) electrons. The fourth-order valence-electron chi connectivity index (χ4n) is 2.15. The molecule has 0 unspecified atom stereocenters. The lowest BCUT2D eigenvalue weighted by molar-refractivity contribution is -0.643. The molecule has 0 bridgehead atoms. The number of benzene rings is 1. The molecule has 2 aromatic rings. The molecule has 0 aliphatic heterocycles. The number of nitrogens with zero attached hydrogens (tertiary/aromatic N) is 1. The van der Waals surface area contributed by atoms with E-state index in [2.05, 4.69) is 0 Å². The molecule has 0 spiro atoms. The minimum atomic E-state index is -3.89. The first-order valence-electron chi connectivity index (χ1n) is 6.00. The first-order valence-corrected chi connectivity index (χ1v) is 8.28. The van der Waals surface area contributed by atoms with Crippen LogP contribution < -0.4 is 14.7 Å². The predicted octanol–water partition coefficient (Wildman–Crippen LogP) is 1.75. The van der Waals surface area contributed by atoms with Gasteiger partial charge < -0.3 is 4.18 Å². The highest BCUT2D eigenvalue weighted by Crippen LogP contribution is 2.26. The van der Waals surface area contributed by atoms with E-state index in [9.17, 15) is 8.42 Å². The van der Waals surface area contributed by atoms with Crippen LogP contribution in [0.3, 0.4) is 0 Å². The normalized spacial score (nSPS) is 11.6. The average Bonchev–Trinajstić information content (AvgIpc) is 2.58. The smallest absolute Gasteiger partial charge is 0.308 e. The van der Waals surface area contributed by atoms with Crippen LogP contribution in [-0.2, 0) is 10.1 Å². The molecule has 20 heavy (non-hydrogen) atoms. The second-order valence-corrected chi connectivity index (χ2v) is 7.08. The van der Waals surface area contributed by atoms with Crippen LogP contribution in [0.25, 0.3) is 0 Å². The molecule has 1 heterocycles. The molecule has 0 atom stereocenters. The third kappa shape index (κ3) is 2.64. The molecule has 0 saturated heterocycles. The van der Waals surface area contributed by atoms with Gasteiger partial charge in [0, 0.05) is 6.92 Å². The number of aromatic nitrogens is 1. The number of thiazole rings is 1. The van der Waals surface area contributed by atoms with Crippen molar-refractivity contribution in [1.82, 2.24) is 0 Å². The molecular weight excluding hydrogens is 296 g/mol. The van der Waals surface area contributed by atoms with E-state index in [1.807, 2.05) is 19.1 Å². The van der Waals surface area contributed by atoms with E-state index >= 15 is 0 Å². The number of nitrogen functional groups attached to an aromatic ring is 1. The Hall–Kier alpha value is -1.60. The van der Waals surface area contributed by atoms with Gasteiger partial charge >= 0.3 is 15.3 Å². The summed E-state index contributed by atoms with van der Waals surface area (Å²) in [4.78, 5) is 0.203. The Kier molecular flexibility index (Phi) is 3.75. The Morgan fingerprint density at radius 2 is 1.70 bits per heavy atom. The first kappa shape index (κ1) is 14.8. The fourth-order valence-corrected chi connectivity index (χ4v) is 4.48. The van der Waals surface area contributed by atoms with Crippen LogP contribution in [-0.4, -0.2) is 8.42 Å². The summed E-state index contributed by atoms with van der Waals surface area (Å²) in [6, 6.07) is 3.64. The van der Waals surface area contributed by atoms with Crippen molar-refractivity contribution in [3.8, 4) is 5.19 Å². The highest BCUT2D eigenvalue weighted by Gasteiger charge is 2.28. The van der Waals surface area contributed by atoms with E-state index in [1.54, 1.807) is 26.2 Å². The standard InChI is InChI=1S/C13H17N2O3S2/c1-8-5-9(2)12(10(3)6-8)20(16,17)18-13-15(14)11(4)7-19-13/h5-7H,14H2,1-4H3/q+1. The van der Waals surface area contributed by atoms with Crippen molar-refractivity contribution < 1.29 is 17.3 Å². The summed E-state index contributed by atoms with van der Waals surface area (Å²) >= 11 is 1.15. The van der Waals surface area contributed by atoms with Gasteiger partial charge in [-0.3, -0.25) is 0 Å². The Labute approximate surface area is 122 Å². The number of rotatable bonds is 3. The SMILES string of the molecule is Cc1cc(C)c(S(=O)(=O)Oc2scc(C)[n+]2N)c(C)c1. The van der Waals surface area contributed by atoms with E-state index in [-0.39, 0.29) is 10.1 Å². The summed E-state index contributed by atoms with van der Waals surface area (Å²) in [5.74, 6) is 5.73. The van der Waals surface area contributed by atoms with E-state index < -0.39 is 10.1 Å². The zero-order valence-corrected chi connectivity index (χ0v) is 13.4. The molecule has 0 aliphatic rings. The number of hydrogen-bond acceptors (Lipinski definition) is 5. The molecule has 2 N–H and O–H groups in total. The summed E-state index contributed by atoms with van der Waals surface area (Å²) in [6.45, 7) is 7.21. The van der Waals surface area contributed by atoms with E-state index in [4.69, 9.17) is 10.0 Å². The lowest BCUT2D eigenvalue weighted by Crippen LogP contribution is -2.46. The van der Waals surface area contributed by atoms with Crippen LogP contribution >= 0.6 is 11.3 Å². The Morgan fingerprint density at radius 3 is 2.15 bits per heavy atom. The molecule has 0 aliphatic carbocycles. The molecule has 1 aromatic carbocycles. The van der Waals surface area contributed by atoms with Gasteiger partial charge in [0.25, 0.3) is 0 Å². The van der Waals surface area contributed by atoms with Crippen molar-refractivity contribution in [2.45, 2.75) is 32.6 Å². The van der Waals surface area contributed by atoms with Crippen LogP contribution in [0.5, 0.6) is 5.19 Å². The highest BCUT2D eigenvalue weighted by atomic mass is 32.2. The molecule has 108 valence electrons. The minimum Gasteiger partial charge on any atom is -0.308 e. The van der Waals surface area contributed by atoms with Crippen LogP contribution in [0, 0.1) is 27.7 Å². The third-order valence-electron chi connectivity index (χ3n) is 2.94. The average molecular weight is 313 g/mol. The molecule has 1 aromatic heterocycles. The summed E-state index contributed by atoms with van der Waals surface area (Å²) in [7, 11) is -3.89. The second kappa shape index (κ2) is 5.06. The number of hydrogen-bond donors (Lipinski definition) is 1. The van der Waals surface area contributed by atoms with Crippen molar-refractivity contribution >= 4 is 21.5 Å². The quantitative estimate of drug-likeness (QED) is 0.532. The molecular formula is C13H17N2O3S2+. The van der Waals surface area contributed by atoms with Gasteiger partial charge in [0.2, 0.25) is 5.69 Å². The van der Waals surface area contributed by atoms with Gasteiger partial charge in [0.15, 0.2) is 0 Å². The zero-order valence-electron chi connectivity index (χ0n) is 11.8. The third-order valence-corrected chi connectivity index (χ3v) is 5.51. The highest BCUT2D eigenvalue weighted by molar-refractivity contribution is 7.87. The predicted molar refractivity (Wildman–Crippen MR) is 77.9 cm³/mol. The monoisotopic (exact) mass is 313 g/mol. The maximum Gasteiger partial charge on any atom is 0.475 e. The fraction of sp³-hybridized carbons (Fsp3) is 0.308. The minimum absolute atomic E-state index is 0.141. The van der Waals surface area contributed by atoms with Crippen LogP contribution in [0.2, 0.25) is 0 Å². The van der Waals surface area contributed by atoms with Crippen molar-refractivity contribution in [2.75, 3.05) is 5.84 Å². The number of nitrogens with two attached hydrogens (primary N) is 1. The van der Waals surface area contributed by atoms with Gasteiger partial charge in [0.1, 0.15) is 4.90 Å². The van der Waals surface area contributed by atoms with Crippen LogP contribution in [0.1, 0.15) is 22.4 Å². The van der Waals surface area contributed by atoms with Crippen molar-refractivity contribution in [3.63, 3.8) is 0 Å². The van der Waals surface area contributed by atoms with Gasteiger partial charge in [-0.05, 0) is 47.9 Å². The van der Waals surface area contributed by atoms with E-state index in [0.717, 1.165) is 22.6 Å². The van der Waals surface area contributed by atoms with Crippen LogP contribution in [0.15, 0.2) is 22.4 Å². The lowest BCUT2D eigenvalue weighted by atomic mass is 10.1. The molecule has 2 rings (SSSR count). The summed E-state index contributed by atoms with van der Waals surface area (Å²) in [5.41, 5.74) is 3.08. The first-order chi connectivity index (χ1) is 9.22. The Balaban J connectivity index is 2.49. The Bertz CT molecular complexity index is 741. The van der Waals surface area contributed by atoms with Crippen molar-refractivity contribution in [3.05, 3.63) is 39.9 Å². The van der Waals surface area contributed by atoms with E-state index in [1.165, 1.54) is 4.68 Å².